The second-order valence-electron chi connectivity index (χ2n) is 13.8. The lowest BCUT2D eigenvalue weighted by atomic mass is 9.51. The number of aldehydes is 2. The first-order valence-electron chi connectivity index (χ1n) is 18.9. The van der Waals surface area contributed by atoms with Crippen LogP contribution in [0.5, 0.6) is 0 Å². The zero-order chi connectivity index (χ0) is 39.9. The Balaban J connectivity index is 0.000000550. The van der Waals surface area contributed by atoms with Gasteiger partial charge < -0.3 is 29.2 Å². The molecule has 2 saturated carbocycles. The van der Waals surface area contributed by atoms with Crippen LogP contribution in [0.1, 0.15) is 104 Å². The summed E-state index contributed by atoms with van der Waals surface area (Å²) in [4.78, 5) is 58.1. The topological polar surface area (TPSA) is 154 Å². The first-order chi connectivity index (χ1) is 25.3. The summed E-state index contributed by atoms with van der Waals surface area (Å²) in [5.74, 6) is -2.49. The molecule has 1 heterocycles. The molecule has 2 N–H and O–H groups in total. The van der Waals surface area contributed by atoms with E-state index >= 15 is 0 Å². The molecule has 292 valence electrons. The summed E-state index contributed by atoms with van der Waals surface area (Å²) >= 11 is 0. The zero-order valence-electron chi connectivity index (χ0n) is 32.9. The third-order valence-corrected chi connectivity index (χ3v) is 10.5. The van der Waals surface area contributed by atoms with Crippen molar-refractivity contribution in [2.75, 3.05) is 6.61 Å². The van der Waals surface area contributed by atoms with Crippen molar-refractivity contribution in [1.29, 1.82) is 0 Å². The number of ether oxygens (including phenoxy) is 3. The van der Waals surface area contributed by atoms with Gasteiger partial charge in [0.2, 0.25) is 0 Å². The van der Waals surface area contributed by atoms with Crippen molar-refractivity contribution < 1.29 is 48.4 Å². The molecular weight excluding hydrogens is 676 g/mol. The molecule has 2 aromatic rings. The number of carbonyl (C=O) groups is 5. The summed E-state index contributed by atoms with van der Waals surface area (Å²) in [7, 11) is 0. The van der Waals surface area contributed by atoms with E-state index in [0.717, 1.165) is 23.7 Å². The number of carbonyl (C=O) groups excluding carboxylic acids is 5. The second kappa shape index (κ2) is 21.0. The number of aryl methyl sites for hydroxylation is 1. The predicted octanol–water partition coefficient (Wildman–Crippen LogP) is 6.68. The number of fused-ring (bicyclic) bond motifs is 5. The highest BCUT2D eigenvalue weighted by Crippen LogP contribution is 2.58. The second-order valence-corrected chi connectivity index (χ2v) is 13.8. The first-order valence-corrected chi connectivity index (χ1v) is 18.9. The number of rotatable bonds is 6. The molecule has 4 aliphatic rings. The van der Waals surface area contributed by atoms with Gasteiger partial charge in [-0.15, -0.1) is 0 Å². The maximum atomic E-state index is 14.1. The van der Waals surface area contributed by atoms with Gasteiger partial charge in [-0.25, -0.2) is 0 Å². The van der Waals surface area contributed by atoms with Crippen molar-refractivity contribution in [2.24, 2.45) is 23.2 Å². The Hall–Kier alpha value is -3.99. The van der Waals surface area contributed by atoms with Crippen molar-refractivity contribution >= 4 is 30.3 Å². The van der Waals surface area contributed by atoms with E-state index in [1.54, 1.807) is 19.1 Å². The molecule has 0 amide bonds. The lowest BCUT2D eigenvalue weighted by Crippen LogP contribution is -2.65. The molecule has 53 heavy (non-hydrogen) atoms. The first kappa shape index (κ1) is 45.2. The average molecular weight is 737 g/mol. The van der Waals surface area contributed by atoms with Crippen LogP contribution >= 0.6 is 0 Å². The summed E-state index contributed by atoms with van der Waals surface area (Å²) in [6.45, 7) is 16.6. The molecule has 2 aromatic carbocycles. The summed E-state index contributed by atoms with van der Waals surface area (Å²) in [6.07, 6.45) is -0.132. The van der Waals surface area contributed by atoms with Crippen LogP contribution in [0, 0.1) is 23.2 Å². The van der Waals surface area contributed by atoms with Gasteiger partial charge in [0.1, 0.15) is 18.7 Å². The number of hydrogen-bond donors (Lipinski definition) is 2. The van der Waals surface area contributed by atoms with Crippen LogP contribution in [-0.4, -0.2) is 77.1 Å². The molecule has 1 saturated heterocycles. The minimum Gasteiger partial charge on any atom is -0.458 e. The fourth-order valence-electron chi connectivity index (χ4n) is 7.87. The van der Waals surface area contributed by atoms with Crippen LogP contribution in [0.15, 0.2) is 71.8 Å². The van der Waals surface area contributed by atoms with E-state index in [4.69, 9.17) is 19.0 Å². The van der Waals surface area contributed by atoms with Crippen LogP contribution < -0.4 is 0 Å². The number of aliphatic hydroxyl groups excluding tert-OH is 1. The molecule has 10 nitrogen and oxygen atoms in total. The van der Waals surface area contributed by atoms with Gasteiger partial charge >= 0.3 is 11.9 Å². The van der Waals surface area contributed by atoms with Crippen molar-refractivity contribution in [3.05, 3.63) is 82.9 Å². The predicted molar refractivity (Wildman–Crippen MR) is 203 cm³/mol. The van der Waals surface area contributed by atoms with Crippen LogP contribution in [0.2, 0.25) is 0 Å². The van der Waals surface area contributed by atoms with Gasteiger partial charge in [0, 0.05) is 43.1 Å². The van der Waals surface area contributed by atoms with Crippen LogP contribution in [0.4, 0.5) is 0 Å². The smallest absolute Gasteiger partial charge is 0.306 e. The molecule has 0 aromatic heterocycles. The van der Waals surface area contributed by atoms with Crippen LogP contribution in [0.3, 0.4) is 0 Å². The fraction of sp³-hybridized carbons (Fsp3) is 0.558. The van der Waals surface area contributed by atoms with Crippen molar-refractivity contribution in [2.45, 2.75) is 124 Å². The summed E-state index contributed by atoms with van der Waals surface area (Å²) < 4.78 is 17.3. The van der Waals surface area contributed by atoms with E-state index in [2.05, 4.69) is 0 Å². The minimum absolute atomic E-state index is 0.0191. The lowest BCUT2D eigenvalue weighted by molar-refractivity contribution is -0.223. The number of hydrogen-bond acceptors (Lipinski definition) is 10. The molecule has 10 heteroatoms. The molecule has 1 aliphatic heterocycles. The Morgan fingerprint density at radius 2 is 1.49 bits per heavy atom. The van der Waals surface area contributed by atoms with Gasteiger partial charge in [0.05, 0.1) is 30.3 Å². The van der Waals surface area contributed by atoms with Gasteiger partial charge in [-0.2, -0.15) is 0 Å². The molecule has 3 aliphatic carbocycles. The van der Waals surface area contributed by atoms with Crippen molar-refractivity contribution in [1.82, 2.24) is 0 Å². The average Bonchev–Trinajstić information content (AvgIpc) is 3.13. The molecule has 6 rings (SSSR count). The molecule has 0 radical (unpaired) electrons. The zero-order valence-corrected chi connectivity index (χ0v) is 32.9. The van der Waals surface area contributed by atoms with Crippen LogP contribution in [0.25, 0.3) is 0 Å². The SMILES string of the molecule is CC.CC.CC(=O)OC1C(=O)C2C(O)CC3OCC3C2CC2(O)CC(OC(=O)CCc3ccccc3)C(C)=C1C2(C)C.CC=O.O=Cc1ccccc1. The summed E-state index contributed by atoms with van der Waals surface area (Å²) in [5, 5.41) is 23.4. The number of ketones is 1. The quantitative estimate of drug-likeness (QED) is 0.187. The van der Waals surface area contributed by atoms with E-state index in [0.29, 0.717) is 30.6 Å². The monoisotopic (exact) mass is 736 g/mol. The molecular formula is C43H60O10. The van der Waals surface area contributed by atoms with Gasteiger partial charge in [-0.3, -0.25) is 19.2 Å². The number of benzene rings is 2. The Morgan fingerprint density at radius 3 is 1.98 bits per heavy atom. The van der Waals surface area contributed by atoms with Gasteiger partial charge in [-0.1, -0.05) is 102 Å². The maximum absolute atomic E-state index is 14.1. The Kier molecular flexibility index (Phi) is 17.9. The third-order valence-electron chi connectivity index (χ3n) is 10.5. The van der Waals surface area contributed by atoms with E-state index < -0.39 is 47.2 Å². The normalized spacial score (nSPS) is 28.7. The number of aliphatic hydroxyl groups is 2. The molecule has 8 unspecified atom stereocenters. The lowest BCUT2D eigenvalue weighted by Gasteiger charge is -2.59. The highest BCUT2D eigenvalue weighted by Gasteiger charge is 2.63. The third kappa shape index (κ3) is 10.8. The Labute approximate surface area is 315 Å². The fourth-order valence-corrected chi connectivity index (χ4v) is 7.87. The molecule has 0 spiro atoms. The number of Topliss-reactive ketones (excluding diaryl/α,β-unsaturated/α-hetero) is 1. The van der Waals surface area contributed by atoms with Crippen LogP contribution in [-0.2, 0) is 39.8 Å². The van der Waals surface area contributed by atoms with E-state index in [-0.39, 0.29) is 43.0 Å². The van der Waals surface area contributed by atoms with Gasteiger partial charge in [0.15, 0.2) is 11.9 Å². The maximum Gasteiger partial charge on any atom is 0.306 e. The van der Waals surface area contributed by atoms with E-state index in [9.17, 15) is 29.4 Å². The molecule has 3 fully saturated rings. The van der Waals surface area contributed by atoms with Gasteiger partial charge in [0.25, 0.3) is 0 Å². The van der Waals surface area contributed by atoms with Crippen molar-refractivity contribution in [3.63, 3.8) is 0 Å². The highest BCUT2D eigenvalue weighted by atomic mass is 16.6. The standard InChI is InChI=1S/C30H38O8.C7H6O.C2H4O.2C2H6/c1-16-23(38-24(33)11-10-18-8-6-5-7-9-18)14-30(35)13-19-20-15-36-22(20)12-21(32)25(19)27(34)28(37-17(2)31)26(16)29(30,3)4;8-6-7-4-2-1-3-5-7;1-2-3;2*1-2/h5-9,19-23,25,28,32,35H,10-15H2,1-4H3;1-6H;2H,1H3;2*1-2H3. The van der Waals surface area contributed by atoms with Gasteiger partial charge in [-0.05, 0) is 49.3 Å². The largest absolute Gasteiger partial charge is 0.458 e. The van der Waals surface area contributed by atoms with E-state index in [1.807, 2.05) is 90.1 Å². The Bertz CT molecular complexity index is 1520. The molecule has 8 atom stereocenters. The Morgan fingerprint density at radius 1 is 0.925 bits per heavy atom. The van der Waals surface area contributed by atoms with E-state index in [1.165, 1.54) is 13.8 Å². The summed E-state index contributed by atoms with van der Waals surface area (Å²) in [6, 6.07) is 18.8. The molecule has 2 bridgehead atoms. The number of esters is 2. The highest BCUT2D eigenvalue weighted by molar-refractivity contribution is 5.92. The van der Waals surface area contributed by atoms with Crippen molar-refractivity contribution in [3.8, 4) is 0 Å². The summed E-state index contributed by atoms with van der Waals surface area (Å²) in [5.41, 5.74) is 0.504. The minimum atomic E-state index is -1.37.